The Morgan fingerprint density at radius 2 is 1.37 bits per heavy atom. The molecule has 0 aliphatic carbocycles. The number of amides is 1. The number of hydrogen-bond acceptors (Lipinski definition) is 9. The second kappa shape index (κ2) is 19.7. The van der Waals surface area contributed by atoms with Gasteiger partial charge in [-0.15, -0.1) is 0 Å². The second-order valence-electron chi connectivity index (χ2n) is 10.7. The molecule has 1 aliphatic heterocycles. The molecule has 0 radical (unpaired) electrons. The van der Waals surface area contributed by atoms with Crippen LogP contribution in [-0.4, -0.2) is 93.7 Å². The highest BCUT2D eigenvalue weighted by molar-refractivity contribution is 5.93. The summed E-state index contributed by atoms with van der Waals surface area (Å²) >= 11 is 0. The first-order chi connectivity index (χ1) is 22.1. The molecule has 10 nitrogen and oxygen atoms in total. The molecule has 252 valence electrons. The lowest BCUT2D eigenvalue weighted by Crippen LogP contribution is -2.49. The molecule has 1 aliphatic rings. The zero-order valence-corrected chi connectivity index (χ0v) is 25.2. The van der Waals surface area contributed by atoms with Crippen molar-refractivity contribution < 1.29 is 55.7 Å². The summed E-state index contributed by atoms with van der Waals surface area (Å²) in [5.41, 5.74) is 1.40. The van der Waals surface area contributed by atoms with E-state index in [1.165, 1.54) is 0 Å². The summed E-state index contributed by atoms with van der Waals surface area (Å²) in [5.74, 6) is -5.57. The van der Waals surface area contributed by atoms with Crippen molar-refractivity contribution in [3.8, 4) is 0 Å². The average molecular weight is 655 g/mol. The molecule has 0 spiro atoms. The number of hydrogen-bond donors (Lipinski definition) is 1. The first-order valence-corrected chi connectivity index (χ1v) is 14.8. The summed E-state index contributed by atoms with van der Waals surface area (Å²) in [6.07, 6.45) is -0.958. The number of nitrogens with one attached hydrogen (secondary N) is 1. The van der Waals surface area contributed by atoms with Crippen LogP contribution in [0, 0.1) is 11.8 Å². The Labute approximate surface area is 264 Å². The zero-order valence-electron chi connectivity index (χ0n) is 25.2. The van der Waals surface area contributed by atoms with Crippen LogP contribution in [-0.2, 0) is 51.2 Å². The Morgan fingerprint density at radius 1 is 0.783 bits per heavy atom. The van der Waals surface area contributed by atoms with E-state index in [0.717, 1.165) is 0 Å². The predicted octanol–water partition coefficient (Wildman–Crippen LogP) is 3.42. The van der Waals surface area contributed by atoms with Crippen molar-refractivity contribution in [1.29, 1.82) is 0 Å². The number of halogens is 4. The number of nitrogens with zero attached hydrogens (tertiary/aromatic N) is 1. The van der Waals surface area contributed by atoms with E-state index < -0.39 is 80.6 Å². The number of benzene rings is 2. The van der Waals surface area contributed by atoms with Gasteiger partial charge in [0.1, 0.15) is 18.4 Å². The Hall–Kier alpha value is -3.72. The van der Waals surface area contributed by atoms with Crippen LogP contribution in [0.3, 0.4) is 0 Å². The van der Waals surface area contributed by atoms with Crippen molar-refractivity contribution in [2.24, 2.45) is 11.8 Å². The first-order valence-electron chi connectivity index (χ1n) is 14.8. The average Bonchev–Trinajstić information content (AvgIpc) is 3.04. The van der Waals surface area contributed by atoms with Crippen LogP contribution < -0.4 is 5.32 Å². The molecule has 0 saturated carbocycles. The van der Waals surface area contributed by atoms with Crippen LogP contribution in [0.5, 0.6) is 0 Å². The van der Waals surface area contributed by atoms with Crippen molar-refractivity contribution in [2.75, 3.05) is 46.1 Å². The third-order valence-electron chi connectivity index (χ3n) is 7.20. The van der Waals surface area contributed by atoms with Crippen molar-refractivity contribution in [1.82, 2.24) is 10.2 Å². The zero-order chi connectivity index (χ0) is 33.3. The van der Waals surface area contributed by atoms with Gasteiger partial charge in [0.25, 0.3) is 0 Å². The van der Waals surface area contributed by atoms with Gasteiger partial charge >= 0.3 is 19.2 Å². The van der Waals surface area contributed by atoms with E-state index in [2.05, 4.69) is 14.8 Å². The Balaban J connectivity index is 1.73. The molecule has 2 aromatic rings. The molecule has 0 bridgehead atoms. The Morgan fingerprint density at radius 3 is 1.98 bits per heavy atom. The summed E-state index contributed by atoms with van der Waals surface area (Å²) in [4.78, 5) is 54.3. The molecule has 2 aromatic carbocycles. The van der Waals surface area contributed by atoms with Gasteiger partial charge in [0.05, 0.1) is 44.8 Å². The lowest BCUT2D eigenvalue weighted by Gasteiger charge is -2.27. The minimum Gasteiger partial charge on any atom is -0.461 e. The van der Waals surface area contributed by atoms with E-state index in [9.17, 15) is 36.7 Å². The van der Waals surface area contributed by atoms with Gasteiger partial charge in [-0.1, -0.05) is 60.7 Å². The van der Waals surface area contributed by atoms with E-state index in [1.807, 2.05) is 0 Å². The van der Waals surface area contributed by atoms with Crippen molar-refractivity contribution >= 4 is 23.4 Å². The normalized spacial score (nSPS) is 15.7. The smallest absolute Gasteiger partial charge is 0.345 e. The van der Waals surface area contributed by atoms with Gasteiger partial charge in [-0.05, 0) is 17.5 Å². The largest absolute Gasteiger partial charge is 0.461 e. The lowest BCUT2D eigenvalue weighted by molar-refractivity contribution is -0.157. The highest BCUT2D eigenvalue weighted by atomic mass is 19.3. The number of ketones is 2. The molecule has 14 heteroatoms. The molecule has 3 rings (SSSR count). The Bertz CT molecular complexity index is 1230. The summed E-state index contributed by atoms with van der Waals surface area (Å²) in [7, 11) is 0. The summed E-state index contributed by atoms with van der Waals surface area (Å²) in [6, 6.07) is 15.9. The van der Waals surface area contributed by atoms with Crippen molar-refractivity contribution in [3.63, 3.8) is 0 Å². The molecular formula is C32H38F4N2O8. The molecule has 3 atom stereocenters. The standard InChI is InChI=1S/C32H38F4N2O8/c33-31(34)45-20-25(16-26(39)18-38-11-13-43-14-12-38)29(41)37-27(21-46-32(35)36)28(40)17-24(15-22-7-3-1-4-8-22)30(42)44-19-23-9-5-2-6-10-23/h1-10,24-25,27,31-32H,11-21H2,(H,37,41)/t24-,25+,27+/m1/s1. The van der Waals surface area contributed by atoms with Crippen LogP contribution in [0.25, 0.3) is 0 Å². The quantitative estimate of drug-likeness (QED) is 0.169. The van der Waals surface area contributed by atoms with E-state index in [0.29, 0.717) is 37.4 Å². The van der Waals surface area contributed by atoms with Crippen LogP contribution in [0.2, 0.25) is 0 Å². The maximum atomic E-state index is 13.5. The third kappa shape index (κ3) is 13.7. The number of alkyl halides is 4. The summed E-state index contributed by atoms with van der Waals surface area (Å²) < 4.78 is 71.1. The summed E-state index contributed by atoms with van der Waals surface area (Å²) in [5, 5.41) is 2.26. The van der Waals surface area contributed by atoms with Crippen molar-refractivity contribution in [2.45, 2.75) is 45.1 Å². The van der Waals surface area contributed by atoms with Crippen LogP contribution in [0.15, 0.2) is 60.7 Å². The number of rotatable bonds is 20. The molecule has 1 fully saturated rings. The maximum absolute atomic E-state index is 13.5. The molecule has 46 heavy (non-hydrogen) atoms. The number of carbonyl (C=O) groups excluding carboxylic acids is 4. The van der Waals surface area contributed by atoms with Gasteiger partial charge in [-0.25, -0.2) is 0 Å². The Kier molecular flexibility index (Phi) is 15.8. The third-order valence-corrected chi connectivity index (χ3v) is 7.20. The predicted molar refractivity (Wildman–Crippen MR) is 156 cm³/mol. The van der Waals surface area contributed by atoms with Gasteiger partial charge < -0.3 is 24.3 Å². The lowest BCUT2D eigenvalue weighted by atomic mass is 9.92. The highest BCUT2D eigenvalue weighted by Gasteiger charge is 2.33. The molecule has 1 amide bonds. The summed E-state index contributed by atoms with van der Waals surface area (Å²) in [6.45, 7) is -6.76. The molecular weight excluding hydrogens is 616 g/mol. The van der Waals surface area contributed by atoms with Gasteiger partial charge in [-0.2, -0.15) is 17.6 Å². The number of Topliss-reactive ketones (excluding diaryl/α,β-unsaturated/α-hetero) is 2. The van der Waals surface area contributed by atoms with E-state index in [1.54, 1.807) is 65.6 Å². The van der Waals surface area contributed by atoms with E-state index >= 15 is 0 Å². The van der Waals surface area contributed by atoms with Crippen LogP contribution in [0.1, 0.15) is 24.0 Å². The maximum Gasteiger partial charge on any atom is 0.345 e. The fraction of sp³-hybridized carbons (Fsp3) is 0.500. The van der Waals surface area contributed by atoms with Gasteiger partial charge in [0.15, 0.2) is 5.78 Å². The number of morpholine rings is 1. The topological polar surface area (TPSA) is 120 Å². The van der Waals surface area contributed by atoms with E-state index in [4.69, 9.17) is 9.47 Å². The first kappa shape index (κ1) is 36.7. The number of esters is 1. The van der Waals surface area contributed by atoms with Crippen LogP contribution >= 0.6 is 0 Å². The van der Waals surface area contributed by atoms with Crippen molar-refractivity contribution in [3.05, 3.63) is 71.8 Å². The molecule has 0 aromatic heterocycles. The SMILES string of the molecule is O=C(C[C@@H](COC(F)F)C(=O)N[C@@H](COC(F)F)C(=O)C[C@@H](Cc1ccccc1)C(=O)OCc1ccccc1)CN1CCOCC1. The molecule has 1 heterocycles. The second-order valence-corrected chi connectivity index (χ2v) is 10.7. The van der Waals surface area contributed by atoms with Gasteiger partial charge in [-0.3, -0.25) is 24.1 Å². The molecule has 1 saturated heterocycles. The van der Waals surface area contributed by atoms with Gasteiger partial charge in [0.2, 0.25) is 5.91 Å². The van der Waals surface area contributed by atoms with E-state index in [-0.39, 0.29) is 19.6 Å². The monoisotopic (exact) mass is 654 g/mol. The molecule has 1 N–H and O–H groups in total. The molecule has 0 unspecified atom stereocenters. The van der Waals surface area contributed by atoms with Crippen LogP contribution in [0.4, 0.5) is 17.6 Å². The number of ether oxygens (including phenoxy) is 4. The number of carbonyl (C=O) groups is 4. The fourth-order valence-electron chi connectivity index (χ4n) is 4.81. The minimum absolute atomic E-state index is 0.0646. The fourth-order valence-corrected chi connectivity index (χ4v) is 4.81. The minimum atomic E-state index is -3.30. The highest BCUT2D eigenvalue weighted by Crippen LogP contribution is 2.18. The van der Waals surface area contributed by atoms with Gasteiger partial charge in [0, 0.05) is 25.9 Å².